The molecule has 0 bridgehead atoms. The summed E-state index contributed by atoms with van der Waals surface area (Å²) >= 11 is 1.65. The van der Waals surface area contributed by atoms with Crippen LogP contribution in [-0.2, 0) is 16.0 Å². The fourth-order valence-corrected chi connectivity index (χ4v) is 4.43. The number of imide groups is 1. The molecule has 6 nitrogen and oxygen atoms in total. The van der Waals surface area contributed by atoms with E-state index in [0.717, 1.165) is 10.9 Å². The normalized spacial score (nSPS) is 19.6. The average molecular weight is 343 g/mol. The van der Waals surface area contributed by atoms with Gasteiger partial charge in [-0.2, -0.15) is 0 Å². The number of nitrogens with one attached hydrogen (secondary N) is 2. The fourth-order valence-electron chi connectivity index (χ4n) is 3.46. The zero-order valence-corrected chi connectivity index (χ0v) is 13.8. The Bertz CT molecular complexity index is 836. The molecule has 0 saturated carbocycles. The van der Waals surface area contributed by atoms with Gasteiger partial charge in [-0.25, -0.2) is 4.79 Å². The molecule has 24 heavy (non-hydrogen) atoms. The van der Waals surface area contributed by atoms with Crippen molar-refractivity contribution in [3.8, 4) is 0 Å². The second-order valence-electron chi connectivity index (χ2n) is 6.31. The highest BCUT2D eigenvalue weighted by Crippen LogP contribution is 2.28. The maximum Gasteiger partial charge on any atom is 0.322 e. The molecule has 2 aromatic rings. The summed E-state index contributed by atoms with van der Waals surface area (Å²) in [5.74, 6) is -0.207. The predicted octanol–water partition coefficient (Wildman–Crippen LogP) is 1.64. The lowest BCUT2D eigenvalue weighted by molar-refractivity contribution is -0.135. The number of rotatable bonds is 2. The molecule has 0 unspecified atom stereocenters. The molecule has 2 aliphatic rings. The minimum absolute atomic E-state index is 0.0677. The SMILES string of the molecule is O=C1NC(=O)C2(CCN(C(=O)Cc3csc4ccccc34)CC2)N1. The van der Waals surface area contributed by atoms with E-state index in [4.69, 9.17) is 0 Å². The summed E-state index contributed by atoms with van der Waals surface area (Å²) in [6.45, 7) is 0.962. The number of benzene rings is 1. The Hall–Kier alpha value is -2.41. The van der Waals surface area contributed by atoms with Crippen molar-refractivity contribution in [2.75, 3.05) is 13.1 Å². The molecular weight excluding hydrogens is 326 g/mol. The van der Waals surface area contributed by atoms with Crippen LogP contribution in [0.15, 0.2) is 29.6 Å². The number of carbonyl (C=O) groups is 3. The van der Waals surface area contributed by atoms with E-state index < -0.39 is 11.6 Å². The first-order valence-corrected chi connectivity index (χ1v) is 8.82. The van der Waals surface area contributed by atoms with Gasteiger partial charge in [-0.05, 0) is 35.2 Å². The minimum Gasteiger partial charge on any atom is -0.342 e. The van der Waals surface area contributed by atoms with E-state index in [-0.39, 0.29) is 11.8 Å². The number of carbonyl (C=O) groups excluding carboxylic acids is 3. The maximum absolute atomic E-state index is 12.6. The molecule has 7 heteroatoms. The number of amides is 4. The largest absolute Gasteiger partial charge is 0.342 e. The fraction of sp³-hybridized carbons (Fsp3) is 0.353. The second kappa shape index (κ2) is 5.59. The molecule has 0 radical (unpaired) electrons. The third kappa shape index (κ3) is 2.45. The van der Waals surface area contributed by atoms with E-state index in [1.807, 2.05) is 23.6 Å². The summed E-state index contributed by atoms with van der Waals surface area (Å²) in [6, 6.07) is 7.63. The van der Waals surface area contributed by atoms with Crippen molar-refractivity contribution >= 4 is 39.3 Å². The lowest BCUT2D eigenvalue weighted by atomic mass is 9.87. The average Bonchev–Trinajstić information content (AvgIpc) is 3.10. The zero-order chi connectivity index (χ0) is 16.7. The van der Waals surface area contributed by atoms with Crippen LogP contribution in [0.2, 0.25) is 0 Å². The highest BCUT2D eigenvalue weighted by atomic mass is 32.1. The molecule has 2 aliphatic heterocycles. The highest BCUT2D eigenvalue weighted by Gasteiger charge is 2.48. The van der Waals surface area contributed by atoms with Crippen molar-refractivity contribution in [1.29, 1.82) is 0 Å². The number of thiophene rings is 1. The van der Waals surface area contributed by atoms with E-state index in [2.05, 4.69) is 16.7 Å². The van der Waals surface area contributed by atoms with Crippen molar-refractivity contribution in [2.24, 2.45) is 0 Å². The van der Waals surface area contributed by atoms with Gasteiger partial charge < -0.3 is 10.2 Å². The van der Waals surface area contributed by atoms with Crippen LogP contribution in [0, 0.1) is 0 Å². The van der Waals surface area contributed by atoms with Gasteiger partial charge in [0.2, 0.25) is 5.91 Å². The first kappa shape index (κ1) is 15.1. The van der Waals surface area contributed by atoms with Crippen LogP contribution in [-0.4, -0.2) is 41.4 Å². The Kier molecular flexibility index (Phi) is 3.53. The third-order valence-corrected chi connectivity index (χ3v) is 5.90. The van der Waals surface area contributed by atoms with Crippen LogP contribution < -0.4 is 10.6 Å². The number of piperidine rings is 1. The summed E-state index contributed by atoms with van der Waals surface area (Å²) < 4.78 is 1.18. The highest BCUT2D eigenvalue weighted by molar-refractivity contribution is 7.17. The second-order valence-corrected chi connectivity index (χ2v) is 7.22. The van der Waals surface area contributed by atoms with Gasteiger partial charge in [0.25, 0.3) is 5.91 Å². The number of nitrogens with zero attached hydrogens (tertiary/aromatic N) is 1. The Morgan fingerprint density at radius 1 is 1.21 bits per heavy atom. The number of likely N-dealkylation sites (tertiary alicyclic amines) is 1. The van der Waals surface area contributed by atoms with Crippen molar-refractivity contribution in [3.05, 3.63) is 35.2 Å². The van der Waals surface area contributed by atoms with Gasteiger partial charge in [0, 0.05) is 17.8 Å². The number of fused-ring (bicyclic) bond motifs is 1. The number of hydrogen-bond donors (Lipinski definition) is 2. The van der Waals surface area contributed by atoms with Crippen LogP contribution in [0.5, 0.6) is 0 Å². The molecule has 1 spiro atoms. The van der Waals surface area contributed by atoms with Gasteiger partial charge in [-0.3, -0.25) is 14.9 Å². The lowest BCUT2D eigenvalue weighted by Crippen LogP contribution is -2.55. The summed E-state index contributed by atoms with van der Waals surface area (Å²) in [5.41, 5.74) is 0.218. The van der Waals surface area contributed by atoms with Crippen LogP contribution in [0.25, 0.3) is 10.1 Å². The van der Waals surface area contributed by atoms with Crippen LogP contribution in [0.3, 0.4) is 0 Å². The molecule has 0 aliphatic carbocycles. The van der Waals surface area contributed by atoms with E-state index in [1.54, 1.807) is 16.2 Å². The van der Waals surface area contributed by atoms with Crippen molar-refractivity contribution in [2.45, 2.75) is 24.8 Å². The first-order chi connectivity index (χ1) is 11.6. The van der Waals surface area contributed by atoms with E-state index >= 15 is 0 Å². The molecule has 2 saturated heterocycles. The maximum atomic E-state index is 12.6. The Balaban J connectivity index is 1.43. The molecule has 2 N–H and O–H groups in total. The Morgan fingerprint density at radius 3 is 2.67 bits per heavy atom. The van der Waals surface area contributed by atoms with Gasteiger partial charge in [-0.1, -0.05) is 18.2 Å². The molecule has 0 atom stereocenters. The van der Waals surface area contributed by atoms with Crippen LogP contribution in [0.1, 0.15) is 18.4 Å². The topological polar surface area (TPSA) is 78.5 Å². The lowest BCUT2D eigenvalue weighted by Gasteiger charge is -2.37. The van der Waals surface area contributed by atoms with Crippen molar-refractivity contribution in [3.63, 3.8) is 0 Å². The smallest absolute Gasteiger partial charge is 0.322 e. The molecule has 4 rings (SSSR count). The van der Waals surface area contributed by atoms with Gasteiger partial charge >= 0.3 is 6.03 Å². The third-order valence-electron chi connectivity index (χ3n) is 4.89. The first-order valence-electron chi connectivity index (χ1n) is 7.94. The summed E-state index contributed by atoms with van der Waals surface area (Å²) in [4.78, 5) is 37.7. The number of hydrogen-bond acceptors (Lipinski definition) is 4. The standard InChI is InChI=1S/C17H17N3O3S/c21-14(9-11-10-24-13-4-2-1-3-12(11)13)20-7-5-17(6-8-20)15(22)18-16(23)19-17/h1-4,10H,5-9H2,(H2,18,19,22,23). The van der Waals surface area contributed by atoms with Gasteiger partial charge in [0.1, 0.15) is 5.54 Å². The molecule has 124 valence electrons. The summed E-state index contributed by atoms with van der Waals surface area (Å²) in [7, 11) is 0. The van der Waals surface area contributed by atoms with Gasteiger partial charge in [-0.15, -0.1) is 11.3 Å². The Labute approximate surface area is 142 Å². The van der Waals surface area contributed by atoms with Gasteiger partial charge in [0.05, 0.1) is 6.42 Å². The van der Waals surface area contributed by atoms with E-state index in [1.165, 1.54) is 4.70 Å². The quantitative estimate of drug-likeness (QED) is 0.814. The van der Waals surface area contributed by atoms with Crippen LogP contribution in [0.4, 0.5) is 4.79 Å². The van der Waals surface area contributed by atoms with Gasteiger partial charge in [0.15, 0.2) is 0 Å². The minimum atomic E-state index is -0.830. The monoisotopic (exact) mass is 343 g/mol. The molecule has 2 fully saturated rings. The van der Waals surface area contributed by atoms with Crippen LogP contribution >= 0.6 is 11.3 Å². The van der Waals surface area contributed by atoms with E-state index in [0.29, 0.717) is 32.4 Å². The predicted molar refractivity (Wildman–Crippen MR) is 90.7 cm³/mol. The summed E-state index contributed by atoms with van der Waals surface area (Å²) in [5, 5.41) is 8.17. The number of urea groups is 1. The molecule has 1 aromatic heterocycles. The summed E-state index contributed by atoms with van der Waals surface area (Å²) in [6.07, 6.45) is 1.29. The molecule has 1 aromatic carbocycles. The van der Waals surface area contributed by atoms with Crippen molar-refractivity contribution in [1.82, 2.24) is 15.5 Å². The van der Waals surface area contributed by atoms with Crippen molar-refractivity contribution < 1.29 is 14.4 Å². The van der Waals surface area contributed by atoms with E-state index in [9.17, 15) is 14.4 Å². The Morgan fingerprint density at radius 2 is 1.96 bits per heavy atom. The molecular formula is C17H17N3O3S. The molecule has 4 amide bonds. The molecule has 3 heterocycles. The zero-order valence-electron chi connectivity index (χ0n) is 13.0.